The Morgan fingerprint density at radius 2 is 2.24 bits per heavy atom. The third kappa shape index (κ3) is 3.00. The second-order valence-corrected chi connectivity index (χ2v) is 6.48. The molecule has 0 spiro atoms. The van der Waals surface area contributed by atoms with Gasteiger partial charge in [-0.15, -0.1) is 22.7 Å². The van der Waals surface area contributed by atoms with Gasteiger partial charge in [0.1, 0.15) is 5.01 Å². The number of aryl methyl sites for hydroxylation is 1. The zero-order chi connectivity index (χ0) is 12.3. The van der Waals surface area contributed by atoms with Gasteiger partial charge in [-0.05, 0) is 12.7 Å². The van der Waals surface area contributed by atoms with E-state index in [1.807, 2.05) is 5.38 Å². The van der Waals surface area contributed by atoms with Gasteiger partial charge in [0, 0.05) is 11.1 Å². The van der Waals surface area contributed by atoms with E-state index in [2.05, 4.69) is 18.2 Å². The van der Waals surface area contributed by atoms with Crippen LogP contribution >= 0.6 is 34.4 Å². The maximum atomic E-state index is 5.69. The Balaban J connectivity index is 2.36. The predicted molar refractivity (Wildman–Crippen MR) is 78.8 cm³/mol. The van der Waals surface area contributed by atoms with Crippen molar-refractivity contribution in [2.75, 3.05) is 12.0 Å². The minimum Gasteiger partial charge on any atom is -0.375 e. The van der Waals surface area contributed by atoms with Crippen LogP contribution in [0.2, 0.25) is 0 Å². The van der Waals surface area contributed by atoms with Crippen LogP contribution in [0.4, 0.5) is 5.13 Å². The monoisotopic (exact) mass is 285 g/mol. The number of hydrogen-bond acceptors (Lipinski definition) is 6. The van der Waals surface area contributed by atoms with Crippen molar-refractivity contribution < 1.29 is 0 Å². The second kappa shape index (κ2) is 5.84. The van der Waals surface area contributed by atoms with Crippen LogP contribution in [0, 0.1) is 0 Å². The van der Waals surface area contributed by atoms with Gasteiger partial charge in [0.25, 0.3) is 0 Å². The molecule has 3 nitrogen and oxygen atoms in total. The molecule has 0 atom stereocenters. The first kappa shape index (κ1) is 12.9. The summed E-state index contributed by atoms with van der Waals surface area (Å²) < 4.78 is 0. The van der Waals surface area contributed by atoms with Crippen molar-refractivity contribution in [2.45, 2.75) is 25.5 Å². The number of thioether (sulfide) groups is 1. The fourth-order valence-electron chi connectivity index (χ4n) is 1.58. The van der Waals surface area contributed by atoms with Crippen molar-refractivity contribution in [1.82, 2.24) is 9.97 Å². The summed E-state index contributed by atoms with van der Waals surface area (Å²) in [4.78, 5) is 10.3. The van der Waals surface area contributed by atoms with Crippen LogP contribution in [0.1, 0.15) is 24.0 Å². The Morgan fingerprint density at radius 3 is 2.82 bits per heavy atom. The molecular formula is C11H15N3S3. The van der Waals surface area contributed by atoms with Gasteiger partial charge in [0.15, 0.2) is 5.13 Å². The molecule has 2 N–H and O–H groups in total. The normalized spacial score (nSPS) is 10.9. The molecule has 92 valence electrons. The van der Waals surface area contributed by atoms with Gasteiger partial charge >= 0.3 is 0 Å². The van der Waals surface area contributed by atoms with Gasteiger partial charge in [-0.25, -0.2) is 9.97 Å². The molecule has 6 heteroatoms. The van der Waals surface area contributed by atoms with Crippen LogP contribution in [0.15, 0.2) is 5.38 Å². The summed E-state index contributed by atoms with van der Waals surface area (Å²) in [7, 11) is 0. The van der Waals surface area contributed by atoms with Crippen molar-refractivity contribution in [3.05, 3.63) is 16.1 Å². The molecule has 0 unspecified atom stereocenters. The first-order valence-electron chi connectivity index (χ1n) is 5.43. The first-order valence-corrected chi connectivity index (χ1v) is 8.52. The molecule has 0 saturated carbocycles. The van der Waals surface area contributed by atoms with Crippen molar-refractivity contribution >= 4 is 39.6 Å². The Kier molecular flexibility index (Phi) is 4.42. The van der Waals surface area contributed by atoms with Gasteiger partial charge in [-0.3, -0.25) is 0 Å². The average Bonchev–Trinajstić information content (AvgIpc) is 2.86. The molecule has 2 aromatic rings. The Morgan fingerprint density at radius 1 is 1.41 bits per heavy atom. The Bertz CT molecular complexity index is 490. The number of nitrogen functional groups attached to an aromatic ring is 1. The van der Waals surface area contributed by atoms with E-state index in [-0.39, 0.29) is 0 Å². The number of nitrogens with zero attached hydrogens (tertiary/aromatic N) is 2. The van der Waals surface area contributed by atoms with Crippen molar-refractivity contribution in [1.29, 1.82) is 0 Å². The van der Waals surface area contributed by atoms with Crippen LogP contribution in [-0.2, 0) is 12.2 Å². The van der Waals surface area contributed by atoms with E-state index in [9.17, 15) is 0 Å². The maximum Gasteiger partial charge on any atom is 0.180 e. The lowest BCUT2D eigenvalue weighted by atomic mass is 10.2. The van der Waals surface area contributed by atoms with E-state index in [0.717, 1.165) is 24.3 Å². The van der Waals surface area contributed by atoms with E-state index >= 15 is 0 Å². The van der Waals surface area contributed by atoms with Crippen LogP contribution in [0.5, 0.6) is 0 Å². The van der Waals surface area contributed by atoms with Crippen molar-refractivity contribution in [3.8, 4) is 10.6 Å². The molecule has 17 heavy (non-hydrogen) atoms. The molecule has 0 saturated heterocycles. The molecule has 0 aliphatic heterocycles. The number of thiazole rings is 2. The summed E-state index contributed by atoms with van der Waals surface area (Å²) in [5, 5.41) is 3.83. The quantitative estimate of drug-likeness (QED) is 0.910. The highest BCUT2D eigenvalue weighted by atomic mass is 32.2. The summed E-state index contributed by atoms with van der Waals surface area (Å²) in [6.45, 7) is 2.17. The molecule has 0 amide bonds. The molecule has 0 aromatic carbocycles. The fraction of sp³-hybridized carbons (Fsp3) is 0.455. The topological polar surface area (TPSA) is 51.8 Å². The van der Waals surface area contributed by atoms with Crippen molar-refractivity contribution in [2.24, 2.45) is 0 Å². The summed E-state index contributed by atoms with van der Waals surface area (Å²) in [5.41, 5.74) is 7.85. The van der Waals surface area contributed by atoms with Crippen molar-refractivity contribution in [3.63, 3.8) is 0 Å². The van der Waals surface area contributed by atoms with Gasteiger partial charge in [-0.1, -0.05) is 13.3 Å². The molecule has 0 radical (unpaired) electrons. The summed E-state index contributed by atoms with van der Waals surface area (Å²) in [6, 6.07) is 0. The molecule has 2 rings (SSSR count). The third-order valence-electron chi connectivity index (χ3n) is 2.25. The third-order valence-corrected chi connectivity index (χ3v) is 4.79. The average molecular weight is 285 g/mol. The standard InChI is InChI=1S/C11H15N3S3/c1-3-4-7-10(8-5-16-11(12)14-8)17-9(13-7)6-15-2/h5H,3-4,6H2,1-2H3,(H2,12,14). The van der Waals surface area contributed by atoms with E-state index in [1.165, 1.54) is 26.9 Å². The molecule has 0 aliphatic carbocycles. The zero-order valence-electron chi connectivity index (χ0n) is 9.90. The van der Waals surface area contributed by atoms with Gasteiger partial charge in [0.2, 0.25) is 0 Å². The maximum absolute atomic E-state index is 5.69. The largest absolute Gasteiger partial charge is 0.375 e. The minimum atomic E-state index is 0.627. The van der Waals surface area contributed by atoms with Crippen LogP contribution in [0.3, 0.4) is 0 Å². The summed E-state index contributed by atoms with van der Waals surface area (Å²) in [5.74, 6) is 0.973. The number of nitrogens with two attached hydrogens (primary N) is 1. The molecule has 0 fully saturated rings. The number of rotatable bonds is 5. The van der Waals surface area contributed by atoms with E-state index in [1.54, 1.807) is 23.1 Å². The van der Waals surface area contributed by atoms with Gasteiger partial charge < -0.3 is 5.73 Å². The smallest absolute Gasteiger partial charge is 0.180 e. The zero-order valence-corrected chi connectivity index (χ0v) is 12.3. The number of aromatic nitrogens is 2. The highest BCUT2D eigenvalue weighted by molar-refractivity contribution is 7.97. The van der Waals surface area contributed by atoms with E-state index in [0.29, 0.717) is 5.13 Å². The van der Waals surface area contributed by atoms with Gasteiger partial charge in [-0.2, -0.15) is 11.8 Å². The lowest BCUT2D eigenvalue weighted by molar-refractivity contribution is 0.888. The summed E-state index contributed by atoms with van der Waals surface area (Å²) in [6.07, 6.45) is 4.22. The number of hydrogen-bond donors (Lipinski definition) is 1. The van der Waals surface area contributed by atoms with Crippen LogP contribution in [0.25, 0.3) is 10.6 Å². The van der Waals surface area contributed by atoms with E-state index in [4.69, 9.17) is 10.7 Å². The van der Waals surface area contributed by atoms with Gasteiger partial charge in [0.05, 0.1) is 16.3 Å². The molecule has 0 aliphatic rings. The predicted octanol–water partition coefficient (Wildman–Crippen LogP) is 3.66. The Labute approximate surface area is 113 Å². The minimum absolute atomic E-state index is 0.627. The highest BCUT2D eigenvalue weighted by Crippen LogP contribution is 2.33. The molecule has 0 bridgehead atoms. The van der Waals surface area contributed by atoms with Crippen LogP contribution in [-0.4, -0.2) is 16.2 Å². The highest BCUT2D eigenvalue weighted by Gasteiger charge is 2.14. The lowest BCUT2D eigenvalue weighted by Crippen LogP contribution is -1.88. The Hall–Kier alpha value is -0.590. The summed E-state index contributed by atoms with van der Waals surface area (Å²) >= 11 is 5.04. The second-order valence-electron chi connectivity index (χ2n) is 3.64. The molecular weight excluding hydrogens is 270 g/mol. The molecule has 2 aromatic heterocycles. The first-order chi connectivity index (χ1) is 8.24. The lowest BCUT2D eigenvalue weighted by Gasteiger charge is -1.95. The molecule has 2 heterocycles. The SMILES string of the molecule is CCCc1nc(CSC)sc1-c1csc(N)n1. The van der Waals surface area contributed by atoms with Crippen LogP contribution < -0.4 is 5.73 Å². The van der Waals surface area contributed by atoms with E-state index < -0.39 is 0 Å². The number of anilines is 1. The fourth-order valence-corrected chi connectivity index (χ4v) is 3.98.